The summed E-state index contributed by atoms with van der Waals surface area (Å²) in [6.45, 7) is 12.4. The lowest BCUT2D eigenvalue weighted by Crippen LogP contribution is -2.54. The molecule has 1 heterocycles. The van der Waals surface area contributed by atoms with Crippen molar-refractivity contribution in [2.75, 3.05) is 32.7 Å². The Morgan fingerprint density at radius 3 is 2.68 bits per heavy atom. The Morgan fingerprint density at radius 1 is 1.32 bits per heavy atom. The fourth-order valence-corrected chi connectivity index (χ4v) is 4.12. The maximum atomic E-state index is 11.7. The Hall–Kier alpha value is -0.410. The van der Waals surface area contributed by atoms with E-state index in [1.165, 1.54) is 19.1 Å². The lowest BCUT2D eigenvalue weighted by molar-refractivity contribution is -0.120. The molecule has 3 unspecified atom stereocenters. The van der Waals surface area contributed by atoms with Crippen molar-refractivity contribution in [3.05, 3.63) is 0 Å². The molecule has 3 atom stereocenters. The molecule has 2 aliphatic rings. The lowest BCUT2D eigenvalue weighted by Gasteiger charge is -2.44. The molecular formula is C16H30N2O. The highest BCUT2D eigenvalue weighted by molar-refractivity contribution is 5.60. The third-order valence-electron chi connectivity index (χ3n) is 5.17. The van der Waals surface area contributed by atoms with Crippen LogP contribution in [0, 0.1) is 11.3 Å². The van der Waals surface area contributed by atoms with Gasteiger partial charge >= 0.3 is 0 Å². The monoisotopic (exact) mass is 266 g/mol. The molecule has 1 aliphatic carbocycles. The number of piperazine rings is 1. The molecule has 0 aromatic heterocycles. The van der Waals surface area contributed by atoms with Crippen molar-refractivity contribution < 1.29 is 4.79 Å². The van der Waals surface area contributed by atoms with Gasteiger partial charge in [0.05, 0.1) is 0 Å². The standard InChI is InChI=1S/C16H30N2O/c1-4-18-9-8-17(11-15(18)3)12-16(13-19)7-5-6-14(2)10-16/h13-15H,4-12H2,1-3H3. The Balaban J connectivity index is 1.94. The summed E-state index contributed by atoms with van der Waals surface area (Å²) in [4.78, 5) is 16.7. The van der Waals surface area contributed by atoms with Gasteiger partial charge in [-0.25, -0.2) is 0 Å². The van der Waals surface area contributed by atoms with E-state index in [1.807, 2.05) is 0 Å². The van der Waals surface area contributed by atoms with E-state index in [-0.39, 0.29) is 5.41 Å². The lowest BCUT2D eigenvalue weighted by atomic mass is 9.70. The van der Waals surface area contributed by atoms with Crippen LogP contribution in [0.25, 0.3) is 0 Å². The summed E-state index contributed by atoms with van der Waals surface area (Å²) in [5, 5.41) is 0. The number of nitrogens with zero attached hydrogens (tertiary/aromatic N) is 2. The summed E-state index contributed by atoms with van der Waals surface area (Å²) >= 11 is 0. The van der Waals surface area contributed by atoms with Crippen LogP contribution < -0.4 is 0 Å². The van der Waals surface area contributed by atoms with Gasteiger partial charge in [0.1, 0.15) is 6.29 Å². The van der Waals surface area contributed by atoms with E-state index in [9.17, 15) is 4.79 Å². The molecule has 1 saturated carbocycles. The van der Waals surface area contributed by atoms with E-state index in [0.717, 1.165) is 45.6 Å². The summed E-state index contributed by atoms with van der Waals surface area (Å²) in [7, 11) is 0. The van der Waals surface area contributed by atoms with E-state index in [0.29, 0.717) is 12.0 Å². The van der Waals surface area contributed by atoms with Crippen LogP contribution in [0.2, 0.25) is 0 Å². The molecule has 3 nitrogen and oxygen atoms in total. The van der Waals surface area contributed by atoms with Crippen LogP contribution in [0.1, 0.15) is 46.5 Å². The van der Waals surface area contributed by atoms with Gasteiger partial charge in [-0.05, 0) is 32.2 Å². The highest BCUT2D eigenvalue weighted by Gasteiger charge is 2.37. The van der Waals surface area contributed by atoms with Gasteiger partial charge in [-0.15, -0.1) is 0 Å². The topological polar surface area (TPSA) is 23.6 Å². The smallest absolute Gasteiger partial charge is 0.127 e. The highest BCUT2D eigenvalue weighted by atomic mass is 16.1. The largest absolute Gasteiger partial charge is 0.303 e. The first-order chi connectivity index (χ1) is 9.08. The Labute approximate surface area is 118 Å². The van der Waals surface area contributed by atoms with Gasteiger partial charge in [-0.3, -0.25) is 9.80 Å². The Bertz CT molecular complexity index is 307. The molecule has 2 rings (SSSR count). The summed E-state index contributed by atoms with van der Waals surface area (Å²) < 4.78 is 0. The van der Waals surface area contributed by atoms with Gasteiger partial charge in [-0.1, -0.05) is 26.7 Å². The first kappa shape index (κ1) is 15.0. The maximum Gasteiger partial charge on any atom is 0.127 e. The van der Waals surface area contributed by atoms with Gasteiger partial charge < -0.3 is 4.79 Å². The molecule has 1 aliphatic heterocycles. The van der Waals surface area contributed by atoms with Crippen molar-refractivity contribution in [1.82, 2.24) is 9.80 Å². The molecule has 0 radical (unpaired) electrons. The minimum atomic E-state index is -0.0498. The molecule has 2 fully saturated rings. The fourth-order valence-electron chi connectivity index (χ4n) is 4.12. The van der Waals surface area contributed by atoms with Crippen molar-refractivity contribution in [3.63, 3.8) is 0 Å². The van der Waals surface area contributed by atoms with Gasteiger partial charge in [0.25, 0.3) is 0 Å². The number of carbonyl (C=O) groups is 1. The molecule has 1 saturated heterocycles. The number of carbonyl (C=O) groups excluding carboxylic acids is 1. The van der Waals surface area contributed by atoms with E-state index in [4.69, 9.17) is 0 Å². The van der Waals surface area contributed by atoms with Crippen molar-refractivity contribution >= 4 is 6.29 Å². The third kappa shape index (κ3) is 3.57. The molecule has 0 aromatic rings. The first-order valence-corrected chi connectivity index (χ1v) is 8.01. The molecule has 0 aromatic carbocycles. The molecule has 0 bridgehead atoms. The number of hydrogen-bond donors (Lipinski definition) is 0. The zero-order valence-corrected chi connectivity index (χ0v) is 12.9. The van der Waals surface area contributed by atoms with E-state index in [2.05, 4.69) is 30.6 Å². The predicted octanol–water partition coefficient (Wildman–Crippen LogP) is 2.41. The minimum Gasteiger partial charge on any atom is -0.303 e. The van der Waals surface area contributed by atoms with Crippen molar-refractivity contribution in [2.24, 2.45) is 11.3 Å². The summed E-state index contributed by atoms with van der Waals surface area (Å²) in [6.07, 6.45) is 6.00. The Morgan fingerprint density at radius 2 is 2.11 bits per heavy atom. The SMILES string of the molecule is CCN1CCN(CC2(C=O)CCCC(C)C2)CC1C. The highest BCUT2D eigenvalue weighted by Crippen LogP contribution is 2.38. The van der Waals surface area contributed by atoms with Crippen molar-refractivity contribution in [2.45, 2.75) is 52.5 Å². The zero-order valence-electron chi connectivity index (χ0n) is 12.9. The van der Waals surface area contributed by atoms with E-state index in [1.54, 1.807) is 0 Å². The molecule has 0 spiro atoms. The summed E-state index contributed by atoms with van der Waals surface area (Å²) in [6, 6.07) is 0.628. The zero-order chi connectivity index (χ0) is 13.9. The Kier molecular flexibility index (Phi) is 5.02. The van der Waals surface area contributed by atoms with Crippen molar-refractivity contribution in [1.29, 1.82) is 0 Å². The van der Waals surface area contributed by atoms with E-state index < -0.39 is 0 Å². The van der Waals surface area contributed by atoms with Gasteiger partial charge in [-0.2, -0.15) is 0 Å². The van der Waals surface area contributed by atoms with Gasteiger partial charge in [0.2, 0.25) is 0 Å². The second kappa shape index (κ2) is 6.36. The summed E-state index contributed by atoms with van der Waals surface area (Å²) in [5.41, 5.74) is -0.0498. The average molecular weight is 266 g/mol. The normalized spacial score (nSPS) is 38.3. The van der Waals surface area contributed by atoms with Crippen LogP contribution in [0.4, 0.5) is 0 Å². The molecule has 0 amide bonds. The van der Waals surface area contributed by atoms with Crippen LogP contribution in [0.5, 0.6) is 0 Å². The quantitative estimate of drug-likeness (QED) is 0.730. The molecule has 110 valence electrons. The van der Waals surface area contributed by atoms with Crippen LogP contribution in [0.3, 0.4) is 0 Å². The molecule has 3 heteroatoms. The third-order valence-corrected chi connectivity index (χ3v) is 5.17. The van der Waals surface area contributed by atoms with Crippen LogP contribution in [0.15, 0.2) is 0 Å². The molecular weight excluding hydrogens is 236 g/mol. The number of rotatable bonds is 4. The second-order valence-electron chi connectivity index (χ2n) is 6.89. The number of hydrogen-bond acceptors (Lipinski definition) is 3. The molecule has 19 heavy (non-hydrogen) atoms. The van der Waals surface area contributed by atoms with Gasteiger partial charge in [0, 0.05) is 37.6 Å². The van der Waals surface area contributed by atoms with E-state index >= 15 is 0 Å². The van der Waals surface area contributed by atoms with Crippen LogP contribution in [-0.2, 0) is 4.79 Å². The first-order valence-electron chi connectivity index (χ1n) is 8.01. The summed E-state index contributed by atoms with van der Waals surface area (Å²) in [5.74, 6) is 0.716. The van der Waals surface area contributed by atoms with Gasteiger partial charge in [0.15, 0.2) is 0 Å². The van der Waals surface area contributed by atoms with Crippen molar-refractivity contribution in [3.8, 4) is 0 Å². The fraction of sp³-hybridized carbons (Fsp3) is 0.938. The van der Waals surface area contributed by atoms with Crippen LogP contribution in [-0.4, -0.2) is 54.9 Å². The predicted molar refractivity (Wildman–Crippen MR) is 79.3 cm³/mol. The minimum absolute atomic E-state index is 0.0498. The molecule has 0 N–H and O–H groups in total. The maximum absolute atomic E-state index is 11.7. The van der Waals surface area contributed by atoms with Crippen LogP contribution >= 0.6 is 0 Å². The average Bonchev–Trinajstić information content (AvgIpc) is 2.39. The number of likely N-dealkylation sites (N-methyl/N-ethyl adjacent to an activating group) is 1. The number of aldehydes is 1. The second-order valence-corrected chi connectivity index (χ2v) is 6.89.